The Bertz CT molecular complexity index is 236. The fourth-order valence-electron chi connectivity index (χ4n) is 1.71. The summed E-state index contributed by atoms with van der Waals surface area (Å²) < 4.78 is 5.06. The maximum absolute atomic E-state index is 11.4. The van der Waals surface area contributed by atoms with Crippen LogP contribution in [0, 0.1) is 5.92 Å². The minimum Gasteiger partial charge on any atom is -0.465 e. The summed E-state index contributed by atoms with van der Waals surface area (Å²) in [7, 11) is 0. The Hall–Kier alpha value is -0.830. The summed E-state index contributed by atoms with van der Waals surface area (Å²) in [4.78, 5) is 11.4. The zero-order chi connectivity index (χ0) is 14.3. The fourth-order valence-corrected chi connectivity index (χ4v) is 1.71. The van der Waals surface area contributed by atoms with Crippen molar-refractivity contribution >= 4 is 5.97 Å². The second-order valence-electron chi connectivity index (χ2n) is 5.16. The summed E-state index contributed by atoms with van der Waals surface area (Å²) in [5.74, 6) is -0.0914. The molecule has 0 spiro atoms. The lowest BCUT2D eigenvalue weighted by atomic mass is 10.1. The van der Waals surface area contributed by atoms with Gasteiger partial charge in [-0.1, -0.05) is 45.3 Å². The Morgan fingerprint density at radius 3 is 2.53 bits per heavy atom. The number of ether oxygens (including phenoxy) is 1. The van der Waals surface area contributed by atoms with Crippen molar-refractivity contribution in [2.75, 3.05) is 13.2 Å². The Morgan fingerprint density at radius 2 is 1.84 bits per heavy atom. The first-order chi connectivity index (χ1) is 9.20. The lowest BCUT2D eigenvalue weighted by Crippen LogP contribution is -2.14. The van der Waals surface area contributed by atoms with Gasteiger partial charge in [-0.3, -0.25) is 4.79 Å². The minimum absolute atomic E-state index is 0.0418. The quantitative estimate of drug-likeness (QED) is 0.333. The van der Waals surface area contributed by atoms with E-state index in [-0.39, 0.29) is 18.5 Å². The van der Waals surface area contributed by atoms with Crippen molar-refractivity contribution in [2.45, 2.75) is 65.2 Å². The lowest BCUT2D eigenvalue weighted by Gasteiger charge is -2.08. The van der Waals surface area contributed by atoms with Crippen molar-refractivity contribution in [3.63, 3.8) is 0 Å². The van der Waals surface area contributed by atoms with E-state index in [2.05, 4.69) is 19.1 Å². The molecule has 0 saturated heterocycles. The minimum atomic E-state index is -0.133. The molecular weight excluding hydrogens is 240 g/mol. The van der Waals surface area contributed by atoms with Gasteiger partial charge in [-0.05, 0) is 25.7 Å². The molecule has 0 heterocycles. The van der Waals surface area contributed by atoms with Gasteiger partial charge in [0.2, 0.25) is 0 Å². The molecule has 3 nitrogen and oxygen atoms in total. The van der Waals surface area contributed by atoms with Crippen LogP contribution in [-0.4, -0.2) is 24.3 Å². The molecule has 0 rings (SSSR count). The van der Waals surface area contributed by atoms with E-state index < -0.39 is 0 Å². The summed E-state index contributed by atoms with van der Waals surface area (Å²) in [6.07, 6.45) is 13.0. The zero-order valence-electron chi connectivity index (χ0n) is 12.6. The van der Waals surface area contributed by atoms with Crippen molar-refractivity contribution in [3.8, 4) is 0 Å². The number of carbonyl (C=O) groups excluding carboxylic acids is 1. The molecule has 1 atom stereocenters. The van der Waals surface area contributed by atoms with Gasteiger partial charge < -0.3 is 9.84 Å². The molecule has 0 saturated carbocycles. The van der Waals surface area contributed by atoms with Gasteiger partial charge in [-0.15, -0.1) is 0 Å². The van der Waals surface area contributed by atoms with Gasteiger partial charge >= 0.3 is 5.97 Å². The third kappa shape index (κ3) is 13.4. The number of rotatable bonds is 12. The number of aliphatic hydroxyl groups excluding tert-OH is 1. The summed E-state index contributed by atoms with van der Waals surface area (Å²) >= 11 is 0. The molecule has 0 fully saturated rings. The molecule has 1 unspecified atom stereocenters. The lowest BCUT2D eigenvalue weighted by molar-refractivity contribution is -0.145. The molecule has 0 aromatic heterocycles. The molecule has 3 heteroatoms. The van der Waals surface area contributed by atoms with Crippen LogP contribution < -0.4 is 0 Å². The second-order valence-corrected chi connectivity index (χ2v) is 5.16. The van der Waals surface area contributed by atoms with Crippen LogP contribution in [0.25, 0.3) is 0 Å². The van der Waals surface area contributed by atoms with Crippen LogP contribution in [0.15, 0.2) is 12.2 Å². The highest BCUT2D eigenvalue weighted by Crippen LogP contribution is 2.08. The van der Waals surface area contributed by atoms with Gasteiger partial charge in [0.1, 0.15) is 0 Å². The molecule has 0 amide bonds. The molecule has 0 aliphatic carbocycles. The van der Waals surface area contributed by atoms with Gasteiger partial charge in [0.15, 0.2) is 0 Å². The topological polar surface area (TPSA) is 46.5 Å². The summed E-state index contributed by atoms with van der Waals surface area (Å²) in [6.45, 7) is 4.41. The van der Waals surface area contributed by atoms with Crippen LogP contribution in [0.2, 0.25) is 0 Å². The molecular formula is C16H30O3. The molecule has 0 aliphatic heterocycles. The Kier molecular flexibility index (Phi) is 13.0. The number of hydrogen-bond donors (Lipinski definition) is 1. The largest absolute Gasteiger partial charge is 0.465 e. The molecule has 0 radical (unpaired) electrons. The van der Waals surface area contributed by atoms with Crippen molar-refractivity contribution < 1.29 is 14.6 Å². The second kappa shape index (κ2) is 13.6. The predicted molar refractivity (Wildman–Crippen MR) is 79.0 cm³/mol. The Balaban J connectivity index is 3.25. The molecule has 0 aliphatic rings. The van der Waals surface area contributed by atoms with Gasteiger partial charge in [-0.25, -0.2) is 0 Å². The highest BCUT2D eigenvalue weighted by atomic mass is 16.5. The van der Waals surface area contributed by atoms with Crippen LogP contribution in [0.5, 0.6) is 0 Å². The van der Waals surface area contributed by atoms with Gasteiger partial charge in [0.05, 0.1) is 6.61 Å². The van der Waals surface area contributed by atoms with Crippen molar-refractivity contribution in [3.05, 3.63) is 12.2 Å². The van der Waals surface area contributed by atoms with E-state index in [0.29, 0.717) is 13.0 Å². The number of hydrogen-bond acceptors (Lipinski definition) is 3. The maximum atomic E-state index is 11.4. The van der Waals surface area contributed by atoms with Crippen LogP contribution in [0.1, 0.15) is 65.2 Å². The van der Waals surface area contributed by atoms with E-state index in [1.807, 2.05) is 6.92 Å². The first-order valence-corrected chi connectivity index (χ1v) is 7.62. The zero-order valence-corrected chi connectivity index (χ0v) is 12.6. The third-order valence-corrected chi connectivity index (χ3v) is 2.99. The number of unbranched alkanes of at least 4 members (excludes halogenated alkanes) is 5. The van der Waals surface area contributed by atoms with Crippen LogP contribution >= 0.6 is 0 Å². The first kappa shape index (κ1) is 18.2. The third-order valence-electron chi connectivity index (χ3n) is 2.99. The smallest absolute Gasteiger partial charge is 0.305 e. The van der Waals surface area contributed by atoms with Crippen LogP contribution in [0.3, 0.4) is 0 Å². The Morgan fingerprint density at radius 1 is 1.16 bits per heavy atom. The molecule has 19 heavy (non-hydrogen) atoms. The van der Waals surface area contributed by atoms with Gasteiger partial charge in [0, 0.05) is 18.9 Å². The molecule has 1 N–H and O–H groups in total. The summed E-state index contributed by atoms with van der Waals surface area (Å²) in [6, 6.07) is 0. The van der Waals surface area contributed by atoms with Gasteiger partial charge in [-0.2, -0.15) is 0 Å². The van der Waals surface area contributed by atoms with E-state index in [1.54, 1.807) is 0 Å². The summed E-state index contributed by atoms with van der Waals surface area (Å²) in [5.41, 5.74) is 0. The normalized spacial score (nSPS) is 12.8. The van der Waals surface area contributed by atoms with Crippen molar-refractivity contribution in [1.82, 2.24) is 0 Å². The molecule has 0 aromatic carbocycles. The van der Waals surface area contributed by atoms with E-state index >= 15 is 0 Å². The predicted octanol–water partition coefficient (Wildman–Crippen LogP) is 3.85. The average molecular weight is 270 g/mol. The molecule has 112 valence electrons. The highest BCUT2D eigenvalue weighted by Gasteiger charge is 2.05. The number of carbonyl (C=O) groups is 1. The van der Waals surface area contributed by atoms with E-state index in [4.69, 9.17) is 9.84 Å². The average Bonchev–Trinajstić information content (AvgIpc) is 2.42. The number of aliphatic hydroxyl groups is 1. The number of esters is 1. The standard InChI is InChI=1S/C16H30O3/c1-3-4-5-6-7-8-9-10-11-12-16(18)19-14-15(2)13-17/h4-5,15,17H,3,6-14H2,1-2H3. The molecule has 0 bridgehead atoms. The van der Waals surface area contributed by atoms with Gasteiger partial charge in [0.25, 0.3) is 0 Å². The number of allylic oxidation sites excluding steroid dienone is 2. The van der Waals surface area contributed by atoms with Crippen LogP contribution in [0.4, 0.5) is 0 Å². The molecule has 0 aromatic rings. The van der Waals surface area contributed by atoms with Crippen molar-refractivity contribution in [1.29, 1.82) is 0 Å². The fraction of sp³-hybridized carbons (Fsp3) is 0.812. The van der Waals surface area contributed by atoms with Crippen molar-refractivity contribution in [2.24, 2.45) is 5.92 Å². The summed E-state index contributed by atoms with van der Waals surface area (Å²) in [5, 5.41) is 8.80. The first-order valence-electron chi connectivity index (χ1n) is 7.62. The SMILES string of the molecule is CCC=CCCCCCCCC(=O)OCC(C)CO. The Labute approximate surface area is 118 Å². The monoisotopic (exact) mass is 270 g/mol. The van der Waals surface area contributed by atoms with Crippen LogP contribution in [-0.2, 0) is 9.53 Å². The maximum Gasteiger partial charge on any atom is 0.305 e. The van der Waals surface area contributed by atoms with E-state index in [9.17, 15) is 4.79 Å². The van der Waals surface area contributed by atoms with E-state index in [0.717, 1.165) is 19.3 Å². The van der Waals surface area contributed by atoms with E-state index in [1.165, 1.54) is 25.7 Å². The highest BCUT2D eigenvalue weighted by molar-refractivity contribution is 5.69.